The standard InChI is InChI=1S/C16H24N4O/c1-12(2)19-8-7-16(11-19)10-18-15(17)20(16)13-5-4-6-14(9-13)21-3/h4-6,9,12H,7-8,10-11H2,1-3H3,(H2,17,18). The minimum atomic E-state index is 0.000712. The van der Waals surface area contributed by atoms with E-state index in [0.717, 1.165) is 37.5 Å². The Morgan fingerprint density at radius 2 is 2.19 bits per heavy atom. The molecule has 21 heavy (non-hydrogen) atoms. The molecule has 0 aromatic heterocycles. The molecule has 0 bridgehead atoms. The molecule has 0 radical (unpaired) electrons. The van der Waals surface area contributed by atoms with Crippen LogP contribution in [0.1, 0.15) is 20.3 Å². The largest absolute Gasteiger partial charge is 0.497 e. The Bertz CT molecular complexity index is 557. The molecule has 1 aromatic rings. The van der Waals surface area contributed by atoms with E-state index < -0.39 is 0 Å². The van der Waals surface area contributed by atoms with Crippen molar-refractivity contribution in [1.29, 1.82) is 0 Å². The van der Waals surface area contributed by atoms with Gasteiger partial charge in [0.15, 0.2) is 5.96 Å². The second-order valence-electron chi connectivity index (χ2n) is 6.25. The number of likely N-dealkylation sites (tertiary alicyclic amines) is 1. The van der Waals surface area contributed by atoms with Crippen LogP contribution in [0.4, 0.5) is 5.69 Å². The van der Waals surface area contributed by atoms with Gasteiger partial charge < -0.3 is 15.4 Å². The van der Waals surface area contributed by atoms with Gasteiger partial charge in [0.25, 0.3) is 0 Å². The summed E-state index contributed by atoms with van der Waals surface area (Å²) in [6.45, 7) is 7.37. The number of hydrogen-bond donors (Lipinski definition) is 1. The van der Waals surface area contributed by atoms with E-state index in [2.05, 4.69) is 34.7 Å². The van der Waals surface area contributed by atoms with Crippen molar-refractivity contribution in [2.75, 3.05) is 31.6 Å². The predicted octanol–water partition coefficient (Wildman–Crippen LogP) is 1.68. The number of guanidine groups is 1. The van der Waals surface area contributed by atoms with Gasteiger partial charge in [0, 0.05) is 30.9 Å². The zero-order valence-corrected chi connectivity index (χ0v) is 13.0. The van der Waals surface area contributed by atoms with Crippen LogP contribution in [0.2, 0.25) is 0 Å². The summed E-state index contributed by atoms with van der Waals surface area (Å²) in [5.74, 6) is 1.47. The van der Waals surface area contributed by atoms with Crippen molar-refractivity contribution in [2.45, 2.75) is 31.8 Å². The summed E-state index contributed by atoms with van der Waals surface area (Å²) in [6.07, 6.45) is 1.09. The Balaban J connectivity index is 1.93. The van der Waals surface area contributed by atoms with Crippen molar-refractivity contribution in [3.8, 4) is 5.75 Å². The molecule has 5 heteroatoms. The molecular formula is C16H24N4O. The first-order valence-electron chi connectivity index (χ1n) is 7.54. The molecule has 2 aliphatic heterocycles. The number of benzene rings is 1. The average molecular weight is 288 g/mol. The number of ether oxygens (including phenoxy) is 1. The minimum absolute atomic E-state index is 0.000712. The number of hydrogen-bond acceptors (Lipinski definition) is 5. The highest BCUT2D eigenvalue weighted by atomic mass is 16.5. The van der Waals surface area contributed by atoms with Gasteiger partial charge in [-0.2, -0.15) is 0 Å². The first-order valence-corrected chi connectivity index (χ1v) is 7.54. The van der Waals surface area contributed by atoms with Crippen LogP contribution in [-0.2, 0) is 0 Å². The second-order valence-corrected chi connectivity index (χ2v) is 6.25. The second kappa shape index (κ2) is 5.22. The van der Waals surface area contributed by atoms with Crippen molar-refractivity contribution in [2.24, 2.45) is 10.7 Å². The molecule has 1 atom stereocenters. The van der Waals surface area contributed by atoms with Crippen LogP contribution < -0.4 is 15.4 Å². The van der Waals surface area contributed by atoms with E-state index in [9.17, 15) is 0 Å². The fourth-order valence-corrected chi connectivity index (χ4v) is 3.41. The number of anilines is 1. The Kier molecular flexibility index (Phi) is 3.53. The van der Waals surface area contributed by atoms with Crippen LogP contribution in [0, 0.1) is 0 Å². The normalized spacial score (nSPS) is 25.9. The van der Waals surface area contributed by atoms with E-state index in [0.29, 0.717) is 12.0 Å². The molecule has 1 fully saturated rings. The summed E-state index contributed by atoms with van der Waals surface area (Å²) < 4.78 is 5.34. The van der Waals surface area contributed by atoms with Gasteiger partial charge in [-0.3, -0.25) is 9.89 Å². The maximum absolute atomic E-state index is 6.20. The molecule has 114 valence electrons. The Hall–Kier alpha value is -1.75. The first-order chi connectivity index (χ1) is 10.1. The van der Waals surface area contributed by atoms with E-state index in [1.54, 1.807) is 7.11 Å². The fourth-order valence-electron chi connectivity index (χ4n) is 3.41. The number of methoxy groups -OCH3 is 1. The Morgan fingerprint density at radius 1 is 1.38 bits per heavy atom. The maximum atomic E-state index is 6.20. The van der Waals surface area contributed by atoms with E-state index in [1.165, 1.54) is 0 Å². The predicted molar refractivity (Wildman–Crippen MR) is 86.0 cm³/mol. The number of nitrogens with two attached hydrogens (primary N) is 1. The lowest BCUT2D eigenvalue weighted by molar-refractivity contribution is 0.260. The molecule has 2 N–H and O–H groups in total. The highest BCUT2D eigenvalue weighted by Crippen LogP contribution is 2.37. The molecule has 0 amide bonds. The molecule has 0 aliphatic carbocycles. The highest BCUT2D eigenvalue weighted by molar-refractivity contribution is 5.98. The summed E-state index contributed by atoms with van der Waals surface area (Å²) in [5.41, 5.74) is 7.26. The third kappa shape index (κ3) is 2.35. The fraction of sp³-hybridized carbons (Fsp3) is 0.562. The highest BCUT2D eigenvalue weighted by Gasteiger charge is 2.48. The molecule has 1 aromatic carbocycles. The van der Waals surface area contributed by atoms with Gasteiger partial charge in [0.05, 0.1) is 19.2 Å². The lowest BCUT2D eigenvalue weighted by atomic mass is 9.96. The number of nitrogens with zero attached hydrogens (tertiary/aromatic N) is 3. The van der Waals surface area contributed by atoms with E-state index in [1.807, 2.05) is 18.2 Å². The molecule has 2 heterocycles. The van der Waals surface area contributed by atoms with Gasteiger partial charge >= 0.3 is 0 Å². The summed E-state index contributed by atoms with van der Waals surface area (Å²) in [5, 5.41) is 0. The van der Waals surface area contributed by atoms with Crippen LogP contribution in [0.3, 0.4) is 0 Å². The summed E-state index contributed by atoms with van der Waals surface area (Å²) in [6, 6.07) is 8.62. The first kappa shape index (κ1) is 14.2. The summed E-state index contributed by atoms with van der Waals surface area (Å²) >= 11 is 0. The molecule has 1 spiro atoms. The van der Waals surface area contributed by atoms with Crippen molar-refractivity contribution in [3.05, 3.63) is 24.3 Å². The zero-order chi connectivity index (χ0) is 15.0. The van der Waals surface area contributed by atoms with Crippen molar-refractivity contribution in [1.82, 2.24) is 4.90 Å². The lowest BCUT2D eigenvalue weighted by Crippen LogP contribution is -2.54. The van der Waals surface area contributed by atoms with E-state index in [4.69, 9.17) is 10.5 Å². The smallest absolute Gasteiger partial charge is 0.196 e. The van der Waals surface area contributed by atoms with Gasteiger partial charge in [0.1, 0.15) is 5.75 Å². The molecule has 3 rings (SSSR count). The van der Waals surface area contributed by atoms with Gasteiger partial charge in [-0.15, -0.1) is 0 Å². The van der Waals surface area contributed by atoms with Gasteiger partial charge in [-0.05, 0) is 32.4 Å². The molecule has 0 saturated carbocycles. The summed E-state index contributed by atoms with van der Waals surface area (Å²) in [7, 11) is 1.69. The van der Waals surface area contributed by atoms with Crippen molar-refractivity contribution >= 4 is 11.6 Å². The van der Waals surface area contributed by atoms with Gasteiger partial charge in [0.2, 0.25) is 0 Å². The van der Waals surface area contributed by atoms with Crippen LogP contribution in [0.15, 0.2) is 29.3 Å². The molecular weight excluding hydrogens is 264 g/mol. The van der Waals surface area contributed by atoms with Gasteiger partial charge in [-0.1, -0.05) is 6.07 Å². The quantitative estimate of drug-likeness (QED) is 0.919. The summed E-state index contributed by atoms with van der Waals surface area (Å²) in [4.78, 5) is 9.24. The van der Waals surface area contributed by atoms with E-state index in [-0.39, 0.29) is 5.54 Å². The third-order valence-electron chi connectivity index (χ3n) is 4.64. The van der Waals surface area contributed by atoms with Gasteiger partial charge in [-0.25, -0.2) is 0 Å². The average Bonchev–Trinajstić information content (AvgIpc) is 3.04. The van der Waals surface area contributed by atoms with Crippen molar-refractivity contribution < 1.29 is 4.74 Å². The minimum Gasteiger partial charge on any atom is -0.497 e. The topological polar surface area (TPSA) is 54.1 Å². The SMILES string of the molecule is COc1cccc(N2C(N)=NCC23CCN(C(C)C)C3)c1. The monoisotopic (exact) mass is 288 g/mol. The molecule has 1 unspecified atom stereocenters. The third-order valence-corrected chi connectivity index (χ3v) is 4.64. The van der Waals surface area contributed by atoms with Crippen LogP contribution >= 0.6 is 0 Å². The van der Waals surface area contributed by atoms with E-state index >= 15 is 0 Å². The Labute approximate surface area is 126 Å². The van der Waals surface area contributed by atoms with Crippen LogP contribution in [0.25, 0.3) is 0 Å². The lowest BCUT2D eigenvalue weighted by Gasteiger charge is -2.36. The number of aliphatic imine (C=N–C) groups is 1. The maximum Gasteiger partial charge on any atom is 0.196 e. The van der Waals surface area contributed by atoms with Crippen LogP contribution in [-0.4, -0.2) is 49.2 Å². The Morgan fingerprint density at radius 3 is 2.86 bits per heavy atom. The molecule has 1 saturated heterocycles. The van der Waals surface area contributed by atoms with Crippen LogP contribution in [0.5, 0.6) is 5.75 Å². The van der Waals surface area contributed by atoms with Crippen molar-refractivity contribution in [3.63, 3.8) is 0 Å². The molecule has 2 aliphatic rings. The number of rotatable bonds is 3. The molecule has 5 nitrogen and oxygen atoms in total. The zero-order valence-electron chi connectivity index (χ0n) is 13.0.